The molecule has 0 bridgehead atoms. The molecule has 0 aliphatic carbocycles. The zero-order valence-corrected chi connectivity index (χ0v) is 14.0. The van der Waals surface area contributed by atoms with E-state index in [-0.39, 0.29) is 0 Å². The Hall–Kier alpha value is -1.27. The van der Waals surface area contributed by atoms with Crippen LogP contribution >= 0.6 is 0 Å². The molecule has 2 aromatic rings. The smallest absolute Gasteiger partial charge is 0.377 e. The highest BCUT2D eigenvalue weighted by atomic mass is 28.4. The molecule has 4 nitrogen and oxygen atoms in total. The molecule has 0 saturated carbocycles. The molecule has 0 unspecified atom stereocenters. The first-order valence-electron chi connectivity index (χ1n) is 7.21. The van der Waals surface area contributed by atoms with Gasteiger partial charge < -0.3 is 13.3 Å². The van der Waals surface area contributed by atoms with Crippen molar-refractivity contribution in [3.63, 3.8) is 0 Å². The predicted octanol–water partition coefficient (Wildman–Crippen LogP) is 3.44. The van der Waals surface area contributed by atoms with Crippen molar-refractivity contribution < 1.29 is 13.3 Å². The summed E-state index contributed by atoms with van der Waals surface area (Å²) in [7, 11) is 2.58. The lowest BCUT2D eigenvalue weighted by Crippen LogP contribution is -2.42. The Labute approximate surface area is 127 Å². The topological polar surface area (TPSA) is 40.6 Å². The van der Waals surface area contributed by atoms with Gasteiger partial charge in [-0.15, -0.1) is 0 Å². The molecule has 1 heterocycles. The first-order valence-corrected chi connectivity index (χ1v) is 9.14. The van der Waals surface area contributed by atoms with Gasteiger partial charge in [0.2, 0.25) is 0 Å². The number of unbranched alkanes of at least 4 members (excludes halogenated alkanes) is 1. The summed E-state index contributed by atoms with van der Waals surface area (Å²) in [6.07, 6.45) is 6.92. The third-order valence-electron chi connectivity index (χ3n) is 3.84. The number of nitrogens with zero attached hydrogens (tertiary/aromatic N) is 1. The van der Waals surface area contributed by atoms with Crippen LogP contribution < -0.4 is 0 Å². The summed E-state index contributed by atoms with van der Waals surface area (Å²) in [5, 5.41) is 2.43. The van der Waals surface area contributed by atoms with Crippen molar-refractivity contribution in [1.29, 1.82) is 0 Å². The summed E-state index contributed by atoms with van der Waals surface area (Å²) in [6, 6.07) is 9.46. The first-order chi connectivity index (χ1) is 10.2. The number of fused-ring (bicyclic) bond motifs is 1. The molecule has 1 aromatic carbocycles. The molecule has 0 saturated heterocycles. The highest BCUT2D eigenvalue weighted by Gasteiger charge is 2.36. The highest BCUT2D eigenvalue weighted by Crippen LogP contribution is 2.19. The Bertz CT molecular complexity index is 564. The third kappa shape index (κ3) is 4.10. The van der Waals surface area contributed by atoms with Crippen LogP contribution in [0.5, 0.6) is 0 Å². The summed E-state index contributed by atoms with van der Waals surface area (Å²) >= 11 is 0. The van der Waals surface area contributed by atoms with Gasteiger partial charge in [0.15, 0.2) is 0 Å². The largest absolute Gasteiger partial charge is 0.500 e. The summed E-state index contributed by atoms with van der Waals surface area (Å²) < 4.78 is 16.3. The van der Waals surface area contributed by atoms with E-state index in [9.17, 15) is 0 Å². The molecule has 21 heavy (non-hydrogen) atoms. The minimum absolute atomic E-state index is 0.855. The van der Waals surface area contributed by atoms with Crippen molar-refractivity contribution in [3.05, 3.63) is 42.2 Å². The van der Waals surface area contributed by atoms with Gasteiger partial charge in [-0.25, -0.2) is 0 Å². The lowest BCUT2D eigenvalue weighted by Gasteiger charge is -2.24. The molecule has 0 spiro atoms. The fourth-order valence-electron chi connectivity index (χ4n) is 2.52. The van der Waals surface area contributed by atoms with E-state index in [2.05, 4.69) is 29.2 Å². The zero-order valence-electron chi connectivity index (χ0n) is 13.0. The van der Waals surface area contributed by atoms with Gasteiger partial charge in [0.25, 0.3) is 0 Å². The molecule has 0 radical (unpaired) electrons. The Morgan fingerprint density at radius 2 is 1.71 bits per heavy atom. The Morgan fingerprint density at radius 1 is 0.952 bits per heavy atom. The minimum Gasteiger partial charge on any atom is -0.377 e. The monoisotopic (exact) mass is 305 g/mol. The normalized spacial score (nSPS) is 12.0. The molecule has 0 aliphatic heterocycles. The van der Waals surface area contributed by atoms with Crippen molar-refractivity contribution in [3.8, 4) is 0 Å². The number of aromatic nitrogens is 1. The fraction of sp³-hybridized carbons (Fsp3) is 0.438. The summed E-state index contributed by atoms with van der Waals surface area (Å²) in [5.41, 5.74) is 1.35. The van der Waals surface area contributed by atoms with Crippen LogP contribution in [0.4, 0.5) is 0 Å². The number of pyridine rings is 1. The lowest BCUT2D eigenvalue weighted by molar-refractivity contribution is 0.123. The van der Waals surface area contributed by atoms with Crippen LogP contribution in [0.2, 0.25) is 6.04 Å². The second-order valence-corrected chi connectivity index (χ2v) is 8.15. The van der Waals surface area contributed by atoms with E-state index >= 15 is 0 Å². The lowest BCUT2D eigenvalue weighted by atomic mass is 10.0. The summed E-state index contributed by atoms with van der Waals surface area (Å²) in [5.74, 6) is 0. The molecular weight excluding hydrogens is 282 g/mol. The average Bonchev–Trinajstić information content (AvgIpc) is 2.55. The molecule has 114 valence electrons. The molecule has 1 aromatic heterocycles. The van der Waals surface area contributed by atoms with Gasteiger partial charge in [-0.05, 0) is 36.3 Å². The van der Waals surface area contributed by atoms with Crippen molar-refractivity contribution in [1.82, 2.24) is 4.98 Å². The number of benzene rings is 1. The summed E-state index contributed by atoms with van der Waals surface area (Å²) in [6.45, 7) is 0. The van der Waals surface area contributed by atoms with Gasteiger partial charge in [0.05, 0.1) is 0 Å². The molecule has 0 fully saturated rings. The Morgan fingerprint density at radius 3 is 2.43 bits per heavy atom. The van der Waals surface area contributed by atoms with Crippen LogP contribution in [0, 0.1) is 0 Å². The van der Waals surface area contributed by atoms with Gasteiger partial charge in [-0.1, -0.05) is 18.2 Å². The second kappa shape index (κ2) is 7.65. The van der Waals surface area contributed by atoms with Crippen LogP contribution in [0.15, 0.2) is 36.7 Å². The molecule has 2 rings (SSSR count). The second-order valence-electron chi connectivity index (χ2n) is 5.06. The summed E-state index contributed by atoms with van der Waals surface area (Å²) in [4.78, 5) is 4.14. The quantitative estimate of drug-likeness (QED) is 0.553. The van der Waals surface area contributed by atoms with Gasteiger partial charge in [-0.2, -0.15) is 0 Å². The van der Waals surface area contributed by atoms with Crippen molar-refractivity contribution in [2.24, 2.45) is 0 Å². The fourth-order valence-corrected chi connectivity index (χ4v) is 4.31. The standard InChI is InChI=1S/C16H23NO3Si/c1-18-21(19-2,20-3)11-5-4-6-14-7-8-16-13-17-10-9-15(16)12-14/h7-10,12-13H,4-6,11H2,1-3H3. The van der Waals surface area contributed by atoms with Crippen LogP contribution in [0.25, 0.3) is 10.8 Å². The van der Waals surface area contributed by atoms with Gasteiger partial charge in [-0.3, -0.25) is 4.98 Å². The molecular formula is C16H23NO3Si. The zero-order chi connectivity index (χ0) is 15.1. The SMILES string of the molecule is CO[Si](CCCCc1ccc2cnccc2c1)(OC)OC. The van der Waals surface area contributed by atoms with Crippen LogP contribution in [-0.2, 0) is 19.7 Å². The van der Waals surface area contributed by atoms with E-state index in [4.69, 9.17) is 13.3 Å². The number of hydrogen-bond donors (Lipinski definition) is 0. The highest BCUT2D eigenvalue weighted by molar-refractivity contribution is 6.60. The van der Waals surface area contributed by atoms with E-state index in [1.54, 1.807) is 21.3 Å². The van der Waals surface area contributed by atoms with Crippen molar-refractivity contribution >= 4 is 19.6 Å². The molecule has 0 aliphatic rings. The Kier molecular flexibility index (Phi) is 5.87. The van der Waals surface area contributed by atoms with Crippen LogP contribution in [0.1, 0.15) is 18.4 Å². The van der Waals surface area contributed by atoms with E-state index < -0.39 is 8.80 Å². The maximum Gasteiger partial charge on any atom is 0.500 e. The van der Waals surface area contributed by atoms with Crippen molar-refractivity contribution in [2.75, 3.05) is 21.3 Å². The van der Waals surface area contributed by atoms with Gasteiger partial charge in [0.1, 0.15) is 0 Å². The maximum atomic E-state index is 5.43. The number of rotatable bonds is 8. The molecule has 5 heteroatoms. The molecule has 0 atom stereocenters. The van der Waals surface area contributed by atoms with Crippen LogP contribution in [0.3, 0.4) is 0 Å². The predicted molar refractivity (Wildman–Crippen MR) is 86.3 cm³/mol. The molecule has 0 N–H and O–H groups in total. The maximum absolute atomic E-state index is 5.43. The van der Waals surface area contributed by atoms with E-state index in [1.165, 1.54) is 16.3 Å². The average molecular weight is 305 g/mol. The van der Waals surface area contributed by atoms with E-state index in [1.807, 2.05) is 12.4 Å². The van der Waals surface area contributed by atoms with Crippen LogP contribution in [-0.4, -0.2) is 35.1 Å². The first kappa shape index (κ1) is 16.1. The van der Waals surface area contributed by atoms with Gasteiger partial charge in [0, 0.05) is 45.2 Å². The molecule has 0 amide bonds. The Balaban J connectivity index is 1.87. The number of hydrogen-bond acceptors (Lipinski definition) is 4. The van der Waals surface area contributed by atoms with Gasteiger partial charge >= 0.3 is 8.80 Å². The third-order valence-corrected chi connectivity index (χ3v) is 6.67. The number of aryl methyl sites for hydroxylation is 1. The van der Waals surface area contributed by atoms with E-state index in [0.717, 1.165) is 25.3 Å². The minimum atomic E-state index is -2.41. The van der Waals surface area contributed by atoms with Crippen molar-refractivity contribution in [2.45, 2.75) is 25.3 Å². The van der Waals surface area contributed by atoms with E-state index in [0.29, 0.717) is 0 Å².